The highest BCUT2D eigenvalue weighted by Crippen LogP contribution is 2.32. The van der Waals surface area contributed by atoms with Gasteiger partial charge in [0.1, 0.15) is 11.5 Å². The summed E-state index contributed by atoms with van der Waals surface area (Å²) in [5.41, 5.74) is 5.36. The molecule has 0 fully saturated rings. The molecule has 4 nitrogen and oxygen atoms in total. The minimum absolute atomic E-state index is 0.127. The lowest BCUT2D eigenvalue weighted by molar-refractivity contribution is -0.137. The van der Waals surface area contributed by atoms with Crippen molar-refractivity contribution in [2.75, 3.05) is 5.32 Å². The van der Waals surface area contributed by atoms with Crippen molar-refractivity contribution in [3.8, 4) is 0 Å². The number of nitrogens with zero attached hydrogens (tertiary/aromatic N) is 1. The highest BCUT2D eigenvalue weighted by Gasteiger charge is 2.39. The number of halogens is 1. The second-order valence-corrected chi connectivity index (χ2v) is 7.83. The van der Waals surface area contributed by atoms with Crippen LogP contribution in [0.4, 0.5) is 10.1 Å². The molecule has 1 N–H and O–H groups in total. The molecule has 0 spiro atoms. The van der Waals surface area contributed by atoms with Gasteiger partial charge in [-0.05, 0) is 55.7 Å². The number of rotatable bonds is 5. The molecule has 0 atom stereocenters. The molecule has 1 aliphatic rings. The first-order valence-corrected chi connectivity index (χ1v) is 10.1. The Balaban J connectivity index is 1.77. The van der Waals surface area contributed by atoms with Gasteiger partial charge in [-0.25, -0.2) is 4.39 Å². The predicted molar refractivity (Wildman–Crippen MR) is 120 cm³/mol. The van der Waals surface area contributed by atoms with E-state index in [1.807, 2.05) is 63.2 Å². The van der Waals surface area contributed by atoms with Crippen molar-refractivity contribution < 1.29 is 14.0 Å². The zero-order valence-corrected chi connectivity index (χ0v) is 17.7. The quantitative estimate of drug-likeness (QED) is 0.588. The summed E-state index contributed by atoms with van der Waals surface area (Å²) in [7, 11) is 0. The molecular weight excluding hydrogens is 391 g/mol. The molecule has 2 amide bonds. The molecular formula is C26H23FN2O2. The van der Waals surface area contributed by atoms with Crippen LogP contribution in [0.5, 0.6) is 0 Å². The first kappa shape index (κ1) is 20.5. The van der Waals surface area contributed by atoms with E-state index in [4.69, 9.17) is 0 Å². The van der Waals surface area contributed by atoms with Gasteiger partial charge >= 0.3 is 0 Å². The third-order valence-electron chi connectivity index (χ3n) is 5.57. The Morgan fingerprint density at radius 2 is 1.55 bits per heavy atom. The maximum Gasteiger partial charge on any atom is 0.278 e. The van der Waals surface area contributed by atoms with Crippen molar-refractivity contribution in [1.29, 1.82) is 0 Å². The van der Waals surface area contributed by atoms with Crippen LogP contribution in [0.1, 0.15) is 27.8 Å². The number of aryl methyl sites for hydroxylation is 3. The molecule has 31 heavy (non-hydrogen) atoms. The number of hydrogen-bond donors (Lipinski definition) is 1. The fourth-order valence-electron chi connectivity index (χ4n) is 3.58. The molecule has 5 heteroatoms. The maximum atomic E-state index is 14.2. The van der Waals surface area contributed by atoms with E-state index < -0.39 is 17.6 Å². The minimum Gasteiger partial charge on any atom is -0.350 e. The van der Waals surface area contributed by atoms with E-state index in [2.05, 4.69) is 5.32 Å². The number of anilines is 1. The predicted octanol–water partition coefficient (Wildman–Crippen LogP) is 5.14. The molecule has 0 saturated heterocycles. The molecule has 4 rings (SSSR count). The minimum atomic E-state index is -0.470. The van der Waals surface area contributed by atoms with Crippen LogP contribution in [0.15, 0.2) is 72.4 Å². The lowest BCUT2D eigenvalue weighted by atomic mass is 9.99. The number of hydrogen-bond acceptors (Lipinski definition) is 3. The first-order chi connectivity index (χ1) is 14.8. The molecule has 0 saturated carbocycles. The summed E-state index contributed by atoms with van der Waals surface area (Å²) >= 11 is 0. The van der Waals surface area contributed by atoms with Gasteiger partial charge in [0.25, 0.3) is 11.8 Å². The lowest BCUT2D eigenvalue weighted by Crippen LogP contribution is -2.32. The van der Waals surface area contributed by atoms with Crippen LogP contribution in [-0.2, 0) is 16.1 Å². The Kier molecular flexibility index (Phi) is 5.42. The zero-order chi connectivity index (χ0) is 22.1. The van der Waals surface area contributed by atoms with Gasteiger partial charge in [-0.1, -0.05) is 54.1 Å². The van der Waals surface area contributed by atoms with E-state index in [1.165, 1.54) is 6.07 Å². The van der Waals surface area contributed by atoms with Gasteiger partial charge < -0.3 is 5.32 Å². The van der Waals surface area contributed by atoms with Crippen molar-refractivity contribution in [1.82, 2.24) is 4.90 Å². The molecule has 0 radical (unpaired) electrons. The third kappa shape index (κ3) is 3.99. The van der Waals surface area contributed by atoms with Crippen molar-refractivity contribution in [2.24, 2.45) is 0 Å². The van der Waals surface area contributed by atoms with Crippen LogP contribution in [0.2, 0.25) is 0 Å². The van der Waals surface area contributed by atoms with Crippen molar-refractivity contribution in [3.63, 3.8) is 0 Å². The Morgan fingerprint density at radius 1 is 0.839 bits per heavy atom. The number of nitrogens with one attached hydrogen (secondary N) is 1. The lowest BCUT2D eigenvalue weighted by Gasteiger charge is -2.16. The normalized spacial score (nSPS) is 13.9. The number of carbonyl (C=O) groups is 2. The summed E-state index contributed by atoms with van der Waals surface area (Å²) in [6, 6.07) is 19.4. The summed E-state index contributed by atoms with van der Waals surface area (Å²) in [5.74, 6) is -1.36. The largest absolute Gasteiger partial charge is 0.350 e. The van der Waals surface area contributed by atoms with Crippen molar-refractivity contribution in [2.45, 2.75) is 27.3 Å². The van der Waals surface area contributed by atoms with Crippen molar-refractivity contribution >= 4 is 23.1 Å². The summed E-state index contributed by atoms with van der Waals surface area (Å²) in [6.07, 6.45) is 0. The Hall–Kier alpha value is -3.73. The van der Waals surface area contributed by atoms with Crippen LogP contribution < -0.4 is 5.32 Å². The van der Waals surface area contributed by atoms with E-state index in [-0.39, 0.29) is 12.2 Å². The van der Waals surface area contributed by atoms with Gasteiger partial charge in [-0.15, -0.1) is 0 Å². The average molecular weight is 414 g/mol. The van der Waals surface area contributed by atoms with Crippen LogP contribution in [0.25, 0.3) is 5.57 Å². The molecule has 0 unspecified atom stereocenters. The molecule has 1 heterocycles. The molecule has 0 aromatic heterocycles. The fraction of sp³-hybridized carbons (Fsp3) is 0.154. The Morgan fingerprint density at radius 3 is 2.23 bits per heavy atom. The van der Waals surface area contributed by atoms with E-state index in [9.17, 15) is 14.0 Å². The highest BCUT2D eigenvalue weighted by atomic mass is 19.1. The number of carbonyl (C=O) groups excluding carboxylic acids is 2. The SMILES string of the molecule is Cc1ccc(NC2=C(c3ccc(C)c(C)c3)C(=O)N(Cc3ccccc3F)C2=O)cc1. The Bertz CT molecular complexity index is 1210. The third-order valence-corrected chi connectivity index (χ3v) is 5.57. The van der Waals surface area contributed by atoms with E-state index in [0.29, 0.717) is 22.4 Å². The van der Waals surface area contributed by atoms with Crippen LogP contribution in [-0.4, -0.2) is 16.7 Å². The smallest absolute Gasteiger partial charge is 0.278 e. The van der Waals surface area contributed by atoms with Gasteiger partial charge in [-0.2, -0.15) is 0 Å². The molecule has 0 aliphatic carbocycles. The van der Waals surface area contributed by atoms with Crippen LogP contribution in [0, 0.1) is 26.6 Å². The summed E-state index contributed by atoms with van der Waals surface area (Å²) < 4.78 is 14.2. The zero-order valence-electron chi connectivity index (χ0n) is 17.7. The number of amides is 2. The van der Waals surface area contributed by atoms with Gasteiger partial charge in [-0.3, -0.25) is 14.5 Å². The van der Waals surface area contributed by atoms with E-state index >= 15 is 0 Å². The van der Waals surface area contributed by atoms with Gasteiger partial charge in [0.05, 0.1) is 12.1 Å². The van der Waals surface area contributed by atoms with Gasteiger partial charge in [0, 0.05) is 11.3 Å². The first-order valence-electron chi connectivity index (χ1n) is 10.1. The number of benzene rings is 3. The second-order valence-electron chi connectivity index (χ2n) is 7.83. The maximum absolute atomic E-state index is 14.2. The summed E-state index contributed by atoms with van der Waals surface area (Å²) in [4.78, 5) is 27.8. The highest BCUT2D eigenvalue weighted by molar-refractivity contribution is 6.36. The molecule has 1 aliphatic heterocycles. The van der Waals surface area contributed by atoms with Crippen LogP contribution >= 0.6 is 0 Å². The monoisotopic (exact) mass is 414 g/mol. The standard InChI is InChI=1S/C26H23FN2O2/c1-16-8-12-21(13-9-16)28-24-23(19-11-10-17(2)18(3)14-19)25(30)29(26(24)31)15-20-6-4-5-7-22(20)27/h4-14,28H,15H2,1-3H3. The topological polar surface area (TPSA) is 49.4 Å². The van der Waals surface area contributed by atoms with Crippen LogP contribution in [0.3, 0.4) is 0 Å². The molecule has 3 aromatic carbocycles. The van der Waals surface area contributed by atoms with E-state index in [0.717, 1.165) is 21.6 Å². The van der Waals surface area contributed by atoms with Crippen molar-refractivity contribution in [3.05, 3.63) is 106 Å². The molecule has 156 valence electrons. The Labute approximate surface area is 181 Å². The van der Waals surface area contributed by atoms with Gasteiger partial charge in [0.15, 0.2) is 0 Å². The second kappa shape index (κ2) is 8.19. The van der Waals surface area contributed by atoms with E-state index in [1.54, 1.807) is 18.2 Å². The molecule has 0 bridgehead atoms. The molecule has 3 aromatic rings. The average Bonchev–Trinajstić information content (AvgIpc) is 2.97. The fourth-order valence-corrected chi connectivity index (χ4v) is 3.58. The number of imide groups is 1. The van der Waals surface area contributed by atoms with Gasteiger partial charge in [0.2, 0.25) is 0 Å². The summed E-state index contributed by atoms with van der Waals surface area (Å²) in [6.45, 7) is 5.80. The summed E-state index contributed by atoms with van der Waals surface area (Å²) in [5, 5.41) is 3.14.